The van der Waals surface area contributed by atoms with Crippen molar-refractivity contribution < 1.29 is 19.1 Å². The van der Waals surface area contributed by atoms with Crippen molar-refractivity contribution in [1.82, 2.24) is 4.98 Å². The number of benzene rings is 1. The molecule has 1 aromatic heterocycles. The molecule has 0 amide bonds. The SMILES string of the molecule is COc1ccc(C(C)=O)cc1COC(=O)c1ccc[nH]1. The van der Waals surface area contributed by atoms with Gasteiger partial charge in [0.05, 0.1) is 7.11 Å². The molecule has 0 atom stereocenters. The molecule has 5 nitrogen and oxygen atoms in total. The van der Waals surface area contributed by atoms with Crippen LogP contribution in [0.4, 0.5) is 0 Å². The lowest BCUT2D eigenvalue weighted by Crippen LogP contribution is -2.07. The summed E-state index contributed by atoms with van der Waals surface area (Å²) in [4.78, 5) is 25.9. The Kier molecular flexibility index (Phi) is 4.20. The number of ether oxygens (including phenoxy) is 2. The Morgan fingerprint density at radius 1 is 1.25 bits per heavy atom. The van der Waals surface area contributed by atoms with Gasteiger partial charge in [0, 0.05) is 17.3 Å². The Balaban J connectivity index is 2.13. The largest absolute Gasteiger partial charge is 0.496 e. The zero-order chi connectivity index (χ0) is 14.5. The van der Waals surface area contributed by atoms with E-state index in [4.69, 9.17) is 9.47 Å². The van der Waals surface area contributed by atoms with E-state index in [0.29, 0.717) is 22.6 Å². The van der Waals surface area contributed by atoms with Gasteiger partial charge in [-0.3, -0.25) is 4.79 Å². The molecule has 0 saturated carbocycles. The van der Waals surface area contributed by atoms with Crippen molar-refractivity contribution in [2.24, 2.45) is 0 Å². The number of carbonyl (C=O) groups is 2. The van der Waals surface area contributed by atoms with Crippen LogP contribution in [0.3, 0.4) is 0 Å². The summed E-state index contributed by atoms with van der Waals surface area (Å²) in [5, 5.41) is 0. The minimum absolute atomic E-state index is 0.0438. The molecule has 0 saturated heterocycles. The fourth-order valence-corrected chi connectivity index (χ4v) is 1.79. The van der Waals surface area contributed by atoms with Gasteiger partial charge in [-0.2, -0.15) is 0 Å². The minimum Gasteiger partial charge on any atom is -0.496 e. The van der Waals surface area contributed by atoms with Crippen LogP contribution in [0.25, 0.3) is 0 Å². The van der Waals surface area contributed by atoms with Gasteiger partial charge in [0.25, 0.3) is 0 Å². The van der Waals surface area contributed by atoms with Gasteiger partial charge in [0.15, 0.2) is 5.78 Å². The molecule has 0 aliphatic carbocycles. The van der Waals surface area contributed by atoms with E-state index < -0.39 is 5.97 Å². The number of nitrogens with one attached hydrogen (secondary N) is 1. The highest BCUT2D eigenvalue weighted by Crippen LogP contribution is 2.21. The average molecular weight is 273 g/mol. The summed E-state index contributed by atoms with van der Waals surface area (Å²) in [6.45, 7) is 1.53. The summed E-state index contributed by atoms with van der Waals surface area (Å²) in [5.41, 5.74) is 1.59. The zero-order valence-corrected chi connectivity index (χ0v) is 11.3. The van der Waals surface area contributed by atoms with Crippen molar-refractivity contribution >= 4 is 11.8 Å². The molecule has 1 N–H and O–H groups in total. The monoisotopic (exact) mass is 273 g/mol. The van der Waals surface area contributed by atoms with Crippen LogP contribution in [-0.4, -0.2) is 23.8 Å². The van der Waals surface area contributed by atoms with E-state index >= 15 is 0 Å². The summed E-state index contributed by atoms with van der Waals surface area (Å²) >= 11 is 0. The molecule has 104 valence electrons. The predicted octanol–water partition coefficient (Wildman–Crippen LogP) is 2.58. The molecule has 1 aromatic carbocycles. The lowest BCUT2D eigenvalue weighted by atomic mass is 10.1. The molecule has 20 heavy (non-hydrogen) atoms. The Hall–Kier alpha value is -2.56. The molecule has 0 aliphatic rings. The summed E-state index contributed by atoms with van der Waals surface area (Å²) in [6.07, 6.45) is 1.65. The van der Waals surface area contributed by atoms with Crippen molar-refractivity contribution in [3.63, 3.8) is 0 Å². The maximum absolute atomic E-state index is 11.7. The highest BCUT2D eigenvalue weighted by molar-refractivity contribution is 5.94. The molecule has 0 spiro atoms. The average Bonchev–Trinajstić information content (AvgIpc) is 2.98. The van der Waals surface area contributed by atoms with E-state index in [1.54, 1.807) is 36.5 Å². The molecule has 0 aliphatic heterocycles. The molecular weight excluding hydrogens is 258 g/mol. The summed E-state index contributed by atoms with van der Waals surface area (Å²) in [7, 11) is 1.53. The van der Waals surface area contributed by atoms with Gasteiger partial charge in [0.1, 0.15) is 18.1 Å². The normalized spacial score (nSPS) is 10.1. The molecule has 0 bridgehead atoms. The Morgan fingerprint density at radius 3 is 2.65 bits per heavy atom. The molecular formula is C15H15NO4. The summed E-state index contributed by atoms with van der Waals surface area (Å²) < 4.78 is 10.4. The molecule has 1 heterocycles. The number of H-pyrrole nitrogens is 1. The van der Waals surface area contributed by atoms with Crippen molar-refractivity contribution in [2.75, 3.05) is 7.11 Å². The molecule has 2 aromatic rings. The van der Waals surface area contributed by atoms with Crippen LogP contribution in [0, 0.1) is 0 Å². The van der Waals surface area contributed by atoms with Gasteiger partial charge < -0.3 is 14.5 Å². The topological polar surface area (TPSA) is 68.4 Å². The maximum Gasteiger partial charge on any atom is 0.355 e. The van der Waals surface area contributed by atoms with Crippen molar-refractivity contribution in [2.45, 2.75) is 13.5 Å². The third-order valence-corrected chi connectivity index (χ3v) is 2.86. The van der Waals surface area contributed by atoms with Gasteiger partial charge in [-0.1, -0.05) is 0 Å². The smallest absolute Gasteiger partial charge is 0.355 e. The number of esters is 1. The molecule has 0 fully saturated rings. The van der Waals surface area contributed by atoms with Crippen LogP contribution in [0.2, 0.25) is 0 Å². The van der Waals surface area contributed by atoms with E-state index in [9.17, 15) is 9.59 Å². The first-order valence-electron chi connectivity index (χ1n) is 6.10. The van der Waals surface area contributed by atoms with Crippen LogP contribution in [0.1, 0.15) is 33.3 Å². The standard InChI is InChI=1S/C15H15NO4/c1-10(17)11-5-6-14(19-2)12(8-11)9-20-15(18)13-4-3-7-16-13/h3-8,16H,9H2,1-2H3. The van der Waals surface area contributed by atoms with Crippen molar-refractivity contribution in [1.29, 1.82) is 0 Å². The number of hydrogen-bond acceptors (Lipinski definition) is 4. The number of carbonyl (C=O) groups excluding carboxylic acids is 2. The van der Waals surface area contributed by atoms with Crippen LogP contribution in [0.5, 0.6) is 5.75 Å². The van der Waals surface area contributed by atoms with Crippen LogP contribution < -0.4 is 4.74 Å². The first-order valence-corrected chi connectivity index (χ1v) is 6.10. The van der Waals surface area contributed by atoms with Gasteiger partial charge in [-0.15, -0.1) is 0 Å². The second-order valence-corrected chi connectivity index (χ2v) is 4.24. The molecule has 0 unspecified atom stereocenters. The number of ketones is 1. The van der Waals surface area contributed by atoms with Gasteiger partial charge >= 0.3 is 5.97 Å². The Bertz CT molecular complexity index is 617. The third-order valence-electron chi connectivity index (χ3n) is 2.86. The van der Waals surface area contributed by atoms with E-state index in [1.165, 1.54) is 14.0 Å². The quantitative estimate of drug-likeness (QED) is 0.671. The number of Topliss-reactive ketones (excluding diaryl/α,β-unsaturated/α-hetero) is 1. The van der Waals surface area contributed by atoms with E-state index in [-0.39, 0.29) is 12.4 Å². The van der Waals surface area contributed by atoms with E-state index in [0.717, 1.165) is 0 Å². The van der Waals surface area contributed by atoms with Gasteiger partial charge in [-0.25, -0.2) is 4.79 Å². The second kappa shape index (κ2) is 6.06. The van der Waals surface area contributed by atoms with Crippen LogP contribution in [-0.2, 0) is 11.3 Å². The number of methoxy groups -OCH3 is 1. The highest BCUT2D eigenvalue weighted by Gasteiger charge is 2.12. The number of hydrogen-bond donors (Lipinski definition) is 1. The fourth-order valence-electron chi connectivity index (χ4n) is 1.79. The third kappa shape index (κ3) is 3.06. The van der Waals surface area contributed by atoms with Gasteiger partial charge in [0.2, 0.25) is 0 Å². The van der Waals surface area contributed by atoms with E-state index in [2.05, 4.69) is 4.98 Å². The van der Waals surface area contributed by atoms with Crippen LogP contribution in [0.15, 0.2) is 36.5 Å². The Morgan fingerprint density at radius 2 is 2.05 bits per heavy atom. The number of aromatic amines is 1. The number of rotatable bonds is 5. The van der Waals surface area contributed by atoms with Crippen molar-refractivity contribution in [3.05, 3.63) is 53.3 Å². The predicted molar refractivity (Wildman–Crippen MR) is 72.9 cm³/mol. The second-order valence-electron chi connectivity index (χ2n) is 4.24. The van der Waals surface area contributed by atoms with E-state index in [1.807, 2.05) is 0 Å². The lowest BCUT2D eigenvalue weighted by Gasteiger charge is -2.10. The molecule has 0 radical (unpaired) electrons. The minimum atomic E-state index is -0.453. The maximum atomic E-state index is 11.7. The lowest BCUT2D eigenvalue weighted by molar-refractivity contribution is 0.0464. The molecule has 2 rings (SSSR count). The fraction of sp³-hybridized carbons (Fsp3) is 0.200. The first kappa shape index (κ1) is 13.9. The summed E-state index contributed by atoms with van der Waals surface area (Å²) in [6, 6.07) is 8.38. The Labute approximate surface area is 116 Å². The van der Waals surface area contributed by atoms with Gasteiger partial charge in [-0.05, 0) is 37.3 Å². The summed E-state index contributed by atoms with van der Waals surface area (Å²) in [5.74, 6) is 0.0733. The zero-order valence-electron chi connectivity index (χ0n) is 11.3. The van der Waals surface area contributed by atoms with Crippen molar-refractivity contribution in [3.8, 4) is 5.75 Å². The first-order chi connectivity index (χ1) is 9.61. The molecule has 5 heteroatoms. The number of aromatic nitrogens is 1. The van der Waals surface area contributed by atoms with Crippen LogP contribution >= 0.6 is 0 Å². The highest BCUT2D eigenvalue weighted by atomic mass is 16.5.